The van der Waals surface area contributed by atoms with Gasteiger partial charge in [0.05, 0.1) is 5.56 Å². The minimum Gasteiger partial charge on any atom is -0.384 e. The van der Waals surface area contributed by atoms with E-state index in [0.717, 1.165) is 18.7 Å². The number of pyridine rings is 1. The molecule has 21 heavy (non-hydrogen) atoms. The van der Waals surface area contributed by atoms with Crippen molar-refractivity contribution in [2.75, 3.05) is 13.2 Å². The standard InChI is InChI=1S/C15H16N4O2/c20-11-3-5-12-4-1-7-18-14(12)15(21)19-8-2-6-13-16-9-10-17-13/h1,4,7,9-10,20H,2,6,8,11H2,(H,16,17)(H,19,21). The molecule has 0 radical (unpaired) electrons. The first-order valence-corrected chi connectivity index (χ1v) is 6.62. The predicted molar refractivity (Wildman–Crippen MR) is 77.4 cm³/mol. The van der Waals surface area contributed by atoms with Gasteiger partial charge in [0.15, 0.2) is 0 Å². The van der Waals surface area contributed by atoms with Crippen LogP contribution in [-0.4, -0.2) is 39.1 Å². The quantitative estimate of drug-likeness (QED) is 0.551. The van der Waals surface area contributed by atoms with Gasteiger partial charge in [-0.3, -0.25) is 4.79 Å². The molecule has 0 aliphatic carbocycles. The van der Waals surface area contributed by atoms with E-state index in [1.807, 2.05) is 0 Å². The van der Waals surface area contributed by atoms with Gasteiger partial charge in [0.1, 0.15) is 18.1 Å². The number of aliphatic hydroxyl groups excluding tert-OH is 1. The summed E-state index contributed by atoms with van der Waals surface area (Å²) in [7, 11) is 0. The number of imidazole rings is 1. The zero-order valence-electron chi connectivity index (χ0n) is 11.5. The number of aromatic nitrogens is 3. The second-order valence-corrected chi connectivity index (χ2v) is 4.25. The summed E-state index contributed by atoms with van der Waals surface area (Å²) in [5.41, 5.74) is 0.784. The second-order valence-electron chi connectivity index (χ2n) is 4.25. The van der Waals surface area contributed by atoms with E-state index in [0.29, 0.717) is 12.1 Å². The molecule has 6 heteroatoms. The van der Waals surface area contributed by atoms with Crippen LogP contribution in [0.1, 0.15) is 28.3 Å². The predicted octanol–water partition coefficient (Wildman–Crippen LogP) is 0.511. The monoisotopic (exact) mass is 284 g/mol. The van der Waals surface area contributed by atoms with Gasteiger partial charge in [-0.1, -0.05) is 11.8 Å². The normalized spacial score (nSPS) is 9.76. The largest absolute Gasteiger partial charge is 0.384 e. The summed E-state index contributed by atoms with van der Waals surface area (Å²) in [5.74, 6) is 5.87. The average Bonchev–Trinajstić information content (AvgIpc) is 3.03. The summed E-state index contributed by atoms with van der Waals surface area (Å²) in [4.78, 5) is 23.2. The fourth-order valence-electron chi connectivity index (χ4n) is 1.80. The van der Waals surface area contributed by atoms with Gasteiger partial charge in [0.25, 0.3) is 5.91 Å². The van der Waals surface area contributed by atoms with Crippen molar-refractivity contribution in [3.05, 3.63) is 47.8 Å². The Hall–Kier alpha value is -2.65. The van der Waals surface area contributed by atoms with Crippen molar-refractivity contribution in [1.82, 2.24) is 20.3 Å². The molecule has 1 amide bonds. The maximum Gasteiger partial charge on any atom is 0.271 e. The molecule has 0 saturated heterocycles. The Bertz CT molecular complexity index is 641. The van der Waals surface area contributed by atoms with Crippen LogP contribution in [0.3, 0.4) is 0 Å². The van der Waals surface area contributed by atoms with Crippen LogP contribution in [0.15, 0.2) is 30.7 Å². The summed E-state index contributed by atoms with van der Waals surface area (Å²) in [6, 6.07) is 3.41. The van der Waals surface area contributed by atoms with Crippen LogP contribution in [0.4, 0.5) is 0 Å². The summed E-state index contributed by atoms with van der Waals surface area (Å²) < 4.78 is 0. The number of aryl methyl sites for hydroxylation is 1. The summed E-state index contributed by atoms with van der Waals surface area (Å²) in [6.07, 6.45) is 6.57. The lowest BCUT2D eigenvalue weighted by atomic mass is 10.2. The van der Waals surface area contributed by atoms with E-state index in [-0.39, 0.29) is 18.2 Å². The van der Waals surface area contributed by atoms with E-state index in [1.165, 1.54) is 0 Å². The Morgan fingerprint density at radius 3 is 3.05 bits per heavy atom. The molecule has 0 spiro atoms. The minimum absolute atomic E-state index is 0.251. The lowest BCUT2D eigenvalue weighted by molar-refractivity contribution is 0.0948. The van der Waals surface area contributed by atoms with Crippen LogP contribution in [0.5, 0.6) is 0 Å². The first-order valence-electron chi connectivity index (χ1n) is 6.62. The van der Waals surface area contributed by atoms with Crippen LogP contribution >= 0.6 is 0 Å². The van der Waals surface area contributed by atoms with Crippen molar-refractivity contribution in [3.8, 4) is 11.8 Å². The number of aliphatic hydroxyl groups is 1. The molecule has 0 unspecified atom stereocenters. The van der Waals surface area contributed by atoms with E-state index in [4.69, 9.17) is 5.11 Å². The molecule has 2 aromatic rings. The van der Waals surface area contributed by atoms with Gasteiger partial charge in [0.2, 0.25) is 0 Å². The van der Waals surface area contributed by atoms with Gasteiger partial charge in [-0.2, -0.15) is 0 Å². The van der Waals surface area contributed by atoms with Crippen LogP contribution in [-0.2, 0) is 6.42 Å². The summed E-state index contributed by atoms with van der Waals surface area (Å²) in [5, 5.41) is 11.5. The van der Waals surface area contributed by atoms with E-state index >= 15 is 0 Å². The highest BCUT2D eigenvalue weighted by atomic mass is 16.2. The van der Waals surface area contributed by atoms with Gasteiger partial charge < -0.3 is 15.4 Å². The molecule has 0 atom stereocenters. The Morgan fingerprint density at radius 1 is 1.38 bits per heavy atom. The van der Waals surface area contributed by atoms with Crippen LogP contribution < -0.4 is 5.32 Å². The number of rotatable bonds is 5. The highest BCUT2D eigenvalue weighted by Gasteiger charge is 2.10. The first-order chi connectivity index (χ1) is 10.3. The minimum atomic E-state index is -0.266. The van der Waals surface area contributed by atoms with Gasteiger partial charge in [-0.05, 0) is 18.6 Å². The molecule has 0 fully saturated rings. The topological polar surface area (TPSA) is 90.9 Å². The van der Waals surface area contributed by atoms with E-state index < -0.39 is 0 Å². The molecular formula is C15H16N4O2. The molecule has 0 bridgehead atoms. The van der Waals surface area contributed by atoms with Gasteiger partial charge >= 0.3 is 0 Å². The Kier molecular flexibility index (Phi) is 5.50. The summed E-state index contributed by atoms with van der Waals surface area (Å²) in [6.45, 7) is 0.280. The highest BCUT2D eigenvalue weighted by molar-refractivity contribution is 5.94. The maximum absolute atomic E-state index is 12.1. The number of H-pyrrole nitrogens is 1. The van der Waals surface area contributed by atoms with E-state index in [2.05, 4.69) is 32.1 Å². The molecule has 108 valence electrons. The molecule has 2 rings (SSSR count). The third-order valence-electron chi connectivity index (χ3n) is 2.76. The lowest BCUT2D eigenvalue weighted by Gasteiger charge is -2.05. The lowest BCUT2D eigenvalue weighted by Crippen LogP contribution is -2.26. The SMILES string of the molecule is O=C(NCCCc1ncc[nH]1)c1ncccc1C#CCO. The van der Waals surface area contributed by atoms with Crippen molar-refractivity contribution in [2.24, 2.45) is 0 Å². The number of hydrogen-bond donors (Lipinski definition) is 3. The first kappa shape index (κ1) is 14.8. The Balaban J connectivity index is 1.88. The third kappa shape index (κ3) is 4.44. The van der Waals surface area contributed by atoms with E-state index in [1.54, 1.807) is 30.7 Å². The number of nitrogens with one attached hydrogen (secondary N) is 2. The molecule has 0 saturated carbocycles. The average molecular weight is 284 g/mol. The Labute approximate surface area is 122 Å². The third-order valence-corrected chi connectivity index (χ3v) is 2.76. The zero-order valence-corrected chi connectivity index (χ0v) is 11.5. The van der Waals surface area contributed by atoms with Gasteiger partial charge in [-0.25, -0.2) is 9.97 Å². The smallest absolute Gasteiger partial charge is 0.271 e. The van der Waals surface area contributed by atoms with Crippen LogP contribution in [0.2, 0.25) is 0 Å². The van der Waals surface area contributed by atoms with Gasteiger partial charge in [-0.15, -0.1) is 0 Å². The van der Waals surface area contributed by atoms with E-state index in [9.17, 15) is 4.79 Å². The zero-order chi connectivity index (χ0) is 14.9. The molecule has 6 nitrogen and oxygen atoms in total. The molecule has 0 aliphatic rings. The van der Waals surface area contributed by atoms with Crippen molar-refractivity contribution < 1.29 is 9.90 Å². The molecule has 0 aliphatic heterocycles. The number of nitrogens with zero attached hydrogens (tertiary/aromatic N) is 2. The van der Waals surface area contributed by atoms with Crippen LogP contribution in [0, 0.1) is 11.8 Å². The van der Waals surface area contributed by atoms with Crippen molar-refractivity contribution in [3.63, 3.8) is 0 Å². The maximum atomic E-state index is 12.1. The van der Waals surface area contributed by atoms with Crippen LogP contribution in [0.25, 0.3) is 0 Å². The number of hydrogen-bond acceptors (Lipinski definition) is 4. The fourth-order valence-corrected chi connectivity index (χ4v) is 1.80. The number of carbonyl (C=O) groups is 1. The molecule has 0 aromatic carbocycles. The molecule has 2 aromatic heterocycles. The Morgan fingerprint density at radius 2 is 2.29 bits per heavy atom. The van der Waals surface area contributed by atoms with Crippen molar-refractivity contribution in [2.45, 2.75) is 12.8 Å². The number of aromatic amines is 1. The second kappa shape index (κ2) is 7.82. The fraction of sp³-hybridized carbons (Fsp3) is 0.267. The number of carbonyl (C=O) groups excluding carboxylic acids is 1. The number of amides is 1. The van der Waals surface area contributed by atoms with Crippen molar-refractivity contribution >= 4 is 5.91 Å². The van der Waals surface area contributed by atoms with Crippen molar-refractivity contribution in [1.29, 1.82) is 0 Å². The highest BCUT2D eigenvalue weighted by Crippen LogP contribution is 2.03. The molecule has 3 N–H and O–H groups in total. The van der Waals surface area contributed by atoms with Gasteiger partial charge in [0, 0.05) is 31.6 Å². The molecular weight excluding hydrogens is 268 g/mol. The summed E-state index contributed by atoms with van der Waals surface area (Å²) >= 11 is 0. The molecule has 2 heterocycles.